The van der Waals surface area contributed by atoms with Crippen molar-refractivity contribution in [2.24, 2.45) is 0 Å². The van der Waals surface area contributed by atoms with E-state index in [1.54, 1.807) is 29.3 Å². The zero-order chi connectivity index (χ0) is 24.3. The van der Waals surface area contributed by atoms with Crippen LogP contribution in [0.2, 0.25) is 0 Å². The third kappa shape index (κ3) is 3.46. The summed E-state index contributed by atoms with van der Waals surface area (Å²) in [4.78, 5) is 47.7. The second-order valence-corrected chi connectivity index (χ2v) is 9.38. The number of anilines is 1. The normalized spacial score (nSPS) is 16.2. The number of carbonyl (C=O) groups excluding carboxylic acids is 1. The Bertz CT molecular complexity index is 1580. The highest BCUT2D eigenvalue weighted by Gasteiger charge is 2.29. The minimum absolute atomic E-state index is 0.148. The Hall–Kier alpha value is -3.85. The summed E-state index contributed by atoms with van der Waals surface area (Å²) >= 11 is 0. The molecule has 2 aliphatic heterocycles. The molecule has 1 amide bonds. The number of carbonyl (C=O) groups is 1. The molecule has 6 rings (SSSR count). The molecule has 9 heteroatoms. The summed E-state index contributed by atoms with van der Waals surface area (Å²) < 4.78 is 8.24. The summed E-state index contributed by atoms with van der Waals surface area (Å²) in [6.07, 6.45) is 4.08. The van der Waals surface area contributed by atoms with Crippen molar-refractivity contribution < 1.29 is 14.3 Å². The van der Waals surface area contributed by atoms with Crippen LogP contribution in [0.5, 0.6) is 0 Å². The molecule has 4 aromatic rings. The summed E-state index contributed by atoms with van der Waals surface area (Å²) in [6, 6.07) is 9.17. The SMILES string of the molecule is Cc1cc2c(cc1C(=O)N1CCc3ccc([N+](C)=O)cc31)[nH]c(=O)c1cnc(C3CCOCC3)n12. The maximum atomic E-state index is 13.7. The Kier molecular flexibility index (Phi) is 5.03. The number of hydrogen-bond donors (Lipinski definition) is 1. The number of nitrogens with zero attached hydrogens (tertiary/aromatic N) is 4. The molecule has 0 radical (unpaired) electrons. The van der Waals surface area contributed by atoms with Crippen molar-refractivity contribution in [3.63, 3.8) is 0 Å². The fourth-order valence-corrected chi connectivity index (χ4v) is 5.34. The topological polar surface area (TPSA) is 99.8 Å². The number of rotatable bonds is 3. The molecule has 0 aliphatic carbocycles. The van der Waals surface area contributed by atoms with Crippen molar-refractivity contribution in [1.29, 1.82) is 0 Å². The maximum Gasteiger partial charge on any atom is 0.274 e. The van der Waals surface area contributed by atoms with E-state index in [1.165, 1.54) is 7.05 Å². The van der Waals surface area contributed by atoms with Gasteiger partial charge in [-0.3, -0.25) is 14.0 Å². The fraction of sp³-hybridized carbons (Fsp3) is 0.346. The van der Waals surface area contributed by atoms with Gasteiger partial charge in [0.25, 0.3) is 17.2 Å². The molecule has 0 unspecified atom stereocenters. The minimum Gasteiger partial charge on any atom is -0.381 e. The number of hydrogen-bond acceptors (Lipinski definition) is 5. The molecule has 1 saturated heterocycles. The lowest BCUT2D eigenvalue weighted by molar-refractivity contribution is -0.428. The molecule has 2 aromatic heterocycles. The monoisotopic (exact) mass is 472 g/mol. The van der Waals surface area contributed by atoms with E-state index in [1.807, 2.05) is 23.5 Å². The van der Waals surface area contributed by atoms with Gasteiger partial charge in [-0.1, -0.05) is 6.07 Å². The molecule has 35 heavy (non-hydrogen) atoms. The van der Waals surface area contributed by atoms with Crippen LogP contribution in [0.4, 0.5) is 11.4 Å². The van der Waals surface area contributed by atoms with Crippen LogP contribution in [-0.2, 0) is 11.2 Å². The van der Waals surface area contributed by atoms with Crippen molar-refractivity contribution in [2.75, 3.05) is 31.7 Å². The van der Waals surface area contributed by atoms with Gasteiger partial charge in [0.15, 0.2) is 7.05 Å². The number of imidazole rings is 1. The number of benzene rings is 2. The zero-order valence-electron chi connectivity index (χ0n) is 19.7. The first kappa shape index (κ1) is 21.7. The maximum absolute atomic E-state index is 13.7. The van der Waals surface area contributed by atoms with Crippen molar-refractivity contribution in [2.45, 2.75) is 32.1 Å². The number of amides is 1. The zero-order valence-corrected chi connectivity index (χ0v) is 19.7. The molecule has 0 saturated carbocycles. The lowest BCUT2D eigenvalue weighted by Crippen LogP contribution is -2.29. The van der Waals surface area contributed by atoms with Gasteiger partial charge in [0.2, 0.25) is 0 Å². The van der Waals surface area contributed by atoms with Crippen LogP contribution >= 0.6 is 0 Å². The molecule has 0 spiro atoms. The van der Waals surface area contributed by atoms with Crippen molar-refractivity contribution in [1.82, 2.24) is 14.4 Å². The molecule has 1 N–H and O–H groups in total. The van der Waals surface area contributed by atoms with Crippen LogP contribution < -0.4 is 10.5 Å². The molecule has 1 fully saturated rings. The van der Waals surface area contributed by atoms with E-state index in [0.29, 0.717) is 42.0 Å². The average Bonchev–Trinajstić information content (AvgIpc) is 3.49. The van der Waals surface area contributed by atoms with Gasteiger partial charge in [-0.2, -0.15) is 0 Å². The first-order valence-corrected chi connectivity index (χ1v) is 11.9. The van der Waals surface area contributed by atoms with Crippen LogP contribution in [0.1, 0.15) is 46.1 Å². The second kappa shape index (κ2) is 8.13. The Labute approximate surface area is 200 Å². The number of aromatic amines is 1. The van der Waals surface area contributed by atoms with Gasteiger partial charge < -0.3 is 14.6 Å². The van der Waals surface area contributed by atoms with Crippen molar-refractivity contribution in [3.05, 3.63) is 74.3 Å². The lowest BCUT2D eigenvalue weighted by atomic mass is 9.99. The Balaban J connectivity index is 1.46. The average molecular weight is 473 g/mol. The predicted molar refractivity (Wildman–Crippen MR) is 132 cm³/mol. The molecule has 4 heterocycles. The number of nitroso groups, excluding NO2 is 1. The predicted octanol–water partition coefficient (Wildman–Crippen LogP) is 3.62. The molecule has 0 bridgehead atoms. The van der Waals surface area contributed by atoms with Gasteiger partial charge in [0, 0.05) is 53.0 Å². The van der Waals surface area contributed by atoms with Crippen LogP contribution in [0.25, 0.3) is 16.6 Å². The number of ether oxygens (including phenoxy) is 1. The Morgan fingerprint density at radius 3 is 2.74 bits per heavy atom. The van der Waals surface area contributed by atoms with E-state index in [9.17, 15) is 14.5 Å². The lowest BCUT2D eigenvalue weighted by Gasteiger charge is -2.22. The summed E-state index contributed by atoms with van der Waals surface area (Å²) in [5.74, 6) is 0.929. The van der Waals surface area contributed by atoms with Gasteiger partial charge in [-0.25, -0.2) is 4.98 Å². The molecule has 0 atom stereocenters. The summed E-state index contributed by atoms with van der Waals surface area (Å²) in [7, 11) is 1.44. The summed E-state index contributed by atoms with van der Waals surface area (Å²) in [5, 5.41) is 0. The van der Waals surface area contributed by atoms with Crippen LogP contribution in [0.3, 0.4) is 0 Å². The molecule has 9 nitrogen and oxygen atoms in total. The molecule has 2 aliphatic rings. The number of nitrogens with one attached hydrogen (secondary N) is 1. The standard InChI is InChI=1S/C26H25N5O4/c1-15-11-22-20(28-25(32)23-14-27-24(31(22)23)17-6-9-35-10-7-17)13-19(15)26(33)30-8-5-16-3-4-18(29(2)34)12-21(16)30/h3-4,11-14,17H,5-10H2,1-2H3/p+1. The van der Waals surface area contributed by atoms with E-state index in [-0.39, 0.29) is 17.4 Å². The third-order valence-corrected chi connectivity index (χ3v) is 7.24. The number of aromatic nitrogens is 3. The van der Waals surface area contributed by atoms with Gasteiger partial charge in [0.05, 0.1) is 22.9 Å². The van der Waals surface area contributed by atoms with Crippen LogP contribution in [0.15, 0.2) is 41.3 Å². The first-order chi connectivity index (χ1) is 16.9. The first-order valence-electron chi connectivity index (χ1n) is 11.9. The number of H-pyrrole nitrogens is 1. The van der Waals surface area contributed by atoms with E-state index < -0.39 is 0 Å². The summed E-state index contributed by atoms with van der Waals surface area (Å²) in [5.41, 5.74) is 5.32. The second-order valence-electron chi connectivity index (χ2n) is 9.38. The largest absolute Gasteiger partial charge is 0.381 e. The van der Waals surface area contributed by atoms with Gasteiger partial charge in [0.1, 0.15) is 11.3 Å². The number of fused-ring (bicyclic) bond motifs is 4. The van der Waals surface area contributed by atoms with Crippen molar-refractivity contribution in [3.8, 4) is 0 Å². The molecule has 178 valence electrons. The molecular formula is C26H26N5O4+. The Morgan fingerprint density at radius 2 is 1.97 bits per heavy atom. The Morgan fingerprint density at radius 1 is 1.17 bits per heavy atom. The molecular weight excluding hydrogens is 446 g/mol. The quantitative estimate of drug-likeness (QED) is 0.459. The highest BCUT2D eigenvalue weighted by Crippen LogP contribution is 2.34. The van der Waals surface area contributed by atoms with E-state index in [4.69, 9.17) is 4.74 Å². The van der Waals surface area contributed by atoms with Crippen LogP contribution in [0, 0.1) is 11.8 Å². The van der Waals surface area contributed by atoms with Crippen LogP contribution in [-0.4, -0.2) is 51.8 Å². The van der Waals surface area contributed by atoms with E-state index >= 15 is 0 Å². The van der Waals surface area contributed by atoms with Crippen molar-refractivity contribution >= 4 is 33.8 Å². The smallest absolute Gasteiger partial charge is 0.274 e. The van der Waals surface area contributed by atoms with Gasteiger partial charge in [-0.15, -0.1) is 0 Å². The van der Waals surface area contributed by atoms with Gasteiger partial charge in [-0.05, 0) is 49.4 Å². The highest BCUT2D eigenvalue weighted by atomic mass is 16.5. The van der Waals surface area contributed by atoms with E-state index in [0.717, 1.165) is 52.2 Å². The number of aryl methyl sites for hydroxylation is 1. The van der Waals surface area contributed by atoms with Gasteiger partial charge >= 0.3 is 0 Å². The summed E-state index contributed by atoms with van der Waals surface area (Å²) in [6.45, 7) is 3.81. The van der Waals surface area contributed by atoms with E-state index in [2.05, 4.69) is 9.97 Å². The minimum atomic E-state index is -0.236. The molecule has 2 aromatic carbocycles. The fourth-order valence-electron chi connectivity index (χ4n) is 5.34. The third-order valence-electron chi connectivity index (χ3n) is 7.24. The highest BCUT2D eigenvalue weighted by molar-refractivity contribution is 6.09.